The largest absolute Gasteiger partial charge is 0.361 e. The van der Waals surface area contributed by atoms with E-state index in [2.05, 4.69) is 20.5 Å². The Morgan fingerprint density at radius 3 is 2.92 bits per heavy atom. The van der Waals surface area contributed by atoms with Gasteiger partial charge in [0.2, 0.25) is 5.91 Å². The van der Waals surface area contributed by atoms with Crippen molar-refractivity contribution in [3.8, 4) is 0 Å². The van der Waals surface area contributed by atoms with Gasteiger partial charge in [-0.15, -0.1) is 10.2 Å². The van der Waals surface area contributed by atoms with Gasteiger partial charge in [0.25, 0.3) is 5.91 Å². The monoisotopic (exact) mass is 338 g/mol. The fourth-order valence-electron chi connectivity index (χ4n) is 3.26. The van der Waals surface area contributed by atoms with E-state index in [4.69, 9.17) is 0 Å². The van der Waals surface area contributed by atoms with Crippen LogP contribution in [0.3, 0.4) is 0 Å². The van der Waals surface area contributed by atoms with Crippen molar-refractivity contribution in [2.24, 2.45) is 0 Å². The molecule has 0 aliphatic carbocycles. The lowest BCUT2D eigenvalue weighted by atomic mass is 10.1. The maximum atomic E-state index is 13.1. The first-order chi connectivity index (χ1) is 12.1. The molecule has 0 saturated carbocycles. The maximum Gasteiger partial charge on any atom is 0.255 e. The molecule has 0 radical (unpaired) electrons. The number of H-pyrrole nitrogens is 1. The standard InChI is InChI=1S/C17H18N6O2/c1-10-20-21-15-9-23(14(8-22(10)15)16(24)18-2)17(25)12-4-3-11-5-6-19-13(11)7-12/h3-7,14,19H,8-9H2,1-2H3,(H,18,24). The number of fused-ring (bicyclic) bond motifs is 2. The van der Waals surface area contributed by atoms with Gasteiger partial charge in [-0.1, -0.05) is 6.07 Å². The Labute approximate surface area is 143 Å². The lowest BCUT2D eigenvalue weighted by Crippen LogP contribution is -2.53. The number of likely N-dealkylation sites (N-methyl/N-ethyl adjacent to an activating group) is 1. The lowest BCUT2D eigenvalue weighted by Gasteiger charge is -2.35. The quantitative estimate of drug-likeness (QED) is 0.724. The lowest BCUT2D eigenvalue weighted by molar-refractivity contribution is -0.126. The van der Waals surface area contributed by atoms with Crippen LogP contribution in [-0.4, -0.2) is 49.6 Å². The molecule has 2 N–H and O–H groups in total. The van der Waals surface area contributed by atoms with Crippen LogP contribution in [0.15, 0.2) is 30.5 Å². The maximum absolute atomic E-state index is 13.1. The van der Waals surface area contributed by atoms with Crippen LogP contribution in [0.4, 0.5) is 0 Å². The molecule has 3 aromatic rings. The second kappa shape index (κ2) is 5.73. The van der Waals surface area contributed by atoms with Crippen molar-refractivity contribution >= 4 is 22.7 Å². The molecule has 2 aromatic heterocycles. The highest BCUT2D eigenvalue weighted by molar-refractivity contribution is 6.00. The van der Waals surface area contributed by atoms with Crippen molar-refractivity contribution in [1.82, 2.24) is 30.0 Å². The van der Waals surface area contributed by atoms with Crippen molar-refractivity contribution in [2.75, 3.05) is 7.05 Å². The summed E-state index contributed by atoms with van der Waals surface area (Å²) in [5.41, 5.74) is 1.42. The third-order valence-corrected chi connectivity index (χ3v) is 4.67. The van der Waals surface area contributed by atoms with Crippen LogP contribution in [0.1, 0.15) is 22.0 Å². The Bertz CT molecular complexity index is 973. The highest BCUT2D eigenvalue weighted by atomic mass is 16.2. The first-order valence-corrected chi connectivity index (χ1v) is 8.07. The summed E-state index contributed by atoms with van der Waals surface area (Å²) < 4.78 is 1.89. The number of aromatic nitrogens is 4. The van der Waals surface area contributed by atoms with Crippen LogP contribution in [0, 0.1) is 6.92 Å². The number of nitrogens with zero attached hydrogens (tertiary/aromatic N) is 4. The SMILES string of the molecule is CNC(=O)C1Cn2c(C)nnc2CN1C(=O)c1ccc2cc[nH]c2c1. The van der Waals surface area contributed by atoms with E-state index in [0.717, 1.165) is 16.7 Å². The van der Waals surface area contributed by atoms with E-state index in [1.165, 1.54) is 0 Å². The third-order valence-electron chi connectivity index (χ3n) is 4.67. The van der Waals surface area contributed by atoms with E-state index in [-0.39, 0.29) is 18.4 Å². The van der Waals surface area contributed by atoms with Gasteiger partial charge in [0, 0.05) is 24.3 Å². The molecular formula is C17H18N6O2. The van der Waals surface area contributed by atoms with Crippen molar-refractivity contribution in [3.63, 3.8) is 0 Å². The normalized spacial score (nSPS) is 16.7. The van der Waals surface area contributed by atoms with Gasteiger partial charge in [-0.3, -0.25) is 9.59 Å². The molecule has 1 aromatic carbocycles. The summed E-state index contributed by atoms with van der Waals surface area (Å²) in [4.78, 5) is 30.1. The smallest absolute Gasteiger partial charge is 0.255 e. The highest BCUT2D eigenvalue weighted by Gasteiger charge is 2.36. The number of rotatable bonds is 2. The average Bonchev–Trinajstić information content (AvgIpc) is 3.25. The Morgan fingerprint density at radius 1 is 1.28 bits per heavy atom. The number of hydrogen-bond acceptors (Lipinski definition) is 4. The number of aryl methyl sites for hydroxylation is 1. The minimum absolute atomic E-state index is 0.197. The van der Waals surface area contributed by atoms with E-state index >= 15 is 0 Å². The Balaban J connectivity index is 1.72. The molecular weight excluding hydrogens is 320 g/mol. The molecule has 3 heterocycles. The Kier molecular flexibility index (Phi) is 3.52. The summed E-state index contributed by atoms with van der Waals surface area (Å²) >= 11 is 0. The topological polar surface area (TPSA) is 95.9 Å². The summed E-state index contributed by atoms with van der Waals surface area (Å²) in [6.45, 7) is 2.44. The van der Waals surface area contributed by atoms with E-state index in [1.54, 1.807) is 18.0 Å². The fraction of sp³-hybridized carbons (Fsp3) is 0.294. The molecule has 0 bridgehead atoms. The van der Waals surface area contributed by atoms with Gasteiger partial charge in [0.15, 0.2) is 5.82 Å². The van der Waals surface area contributed by atoms with E-state index in [9.17, 15) is 9.59 Å². The zero-order chi connectivity index (χ0) is 17.6. The molecule has 128 valence electrons. The number of carbonyl (C=O) groups excluding carboxylic acids is 2. The van der Waals surface area contributed by atoms with Gasteiger partial charge in [-0.2, -0.15) is 0 Å². The molecule has 25 heavy (non-hydrogen) atoms. The molecule has 0 saturated heterocycles. The van der Waals surface area contributed by atoms with Crippen molar-refractivity contribution in [2.45, 2.75) is 26.1 Å². The molecule has 1 unspecified atom stereocenters. The number of hydrogen-bond donors (Lipinski definition) is 2. The summed E-state index contributed by atoms with van der Waals surface area (Å²) in [6.07, 6.45) is 1.83. The van der Waals surface area contributed by atoms with Crippen LogP contribution < -0.4 is 5.32 Å². The molecule has 1 aliphatic rings. The van der Waals surface area contributed by atoms with Gasteiger partial charge in [0.05, 0.1) is 13.1 Å². The molecule has 2 amide bonds. The van der Waals surface area contributed by atoms with Crippen LogP contribution in [0.25, 0.3) is 10.9 Å². The molecule has 1 atom stereocenters. The number of amides is 2. The van der Waals surface area contributed by atoms with Crippen LogP contribution in [-0.2, 0) is 17.9 Å². The number of aromatic amines is 1. The van der Waals surface area contributed by atoms with Crippen molar-refractivity contribution in [1.29, 1.82) is 0 Å². The van der Waals surface area contributed by atoms with E-state index in [1.807, 2.05) is 35.9 Å². The van der Waals surface area contributed by atoms with E-state index < -0.39 is 6.04 Å². The number of nitrogens with one attached hydrogen (secondary N) is 2. The molecule has 0 spiro atoms. The third kappa shape index (κ3) is 2.46. The summed E-state index contributed by atoms with van der Waals surface area (Å²) in [7, 11) is 1.57. The molecule has 8 nitrogen and oxygen atoms in total. The predicted molar refractivity (Wildman–Crippen MR) is 90.8 cm³/mol. The molecule has 8 heteroatoms. The highest BCUT2D eigenvalue weighted by Crippen LogP contribution is 2.22. The molecule has 0 fully saturated rings. The second-order valence-corrected chi connectivity index (χ2v) is 6.12. The zero-order valence-electron chi connectivity index (χ0n) is 14.0. The zero-order valence-corrected chi connectivity index (χ0v) is 14.0. The van der Waals surface area contributed by atoms with Gasteiger partial charge in [-0.05, 0) is 30.5 Å². The van der Waals surface area contributed by atoms with Crippen LogP contribution >= 0.6 is 0 Å². The first-order valence-electron chi connectivity index (χ1n) is 8.07. The van der Waals surface area contributed by atoms with Crippen molar-refractivity contribution < 1.29 is 9.59 Å². The molecule has 4 rings (SSSR count). The number of carbonyl (C=O) groups is 2. The van der Waals surface area contributed by atoms with E-state index in [0.29, 0.717) is 17.9 Å². The minimum atomic E-state index is -0.598. The summed E-state index contributed by atoms with van der Waals surface area (Å²) in [5, 5.41) is 11.9. The minimum Gasteiger partial charge on any atom is -0.361 e. The van der Waals surface area contributed by atoms with Gasteiger partial charge in [0.1, 0.15) is 11.9 Å². The second-order valence-electron chi connectivity index (χ2n) is 6.12. The van der Waals surface area contributed by atoms with Gasteiger partial charge < -0.3 is 19.8 Å². The van der Waals surface area contributed by atoms with Gasteiger partial charge >= 0.3 is 0 Å². The summed E-state index contributed by atoms with van der Waals surface area (Å²) in [5.74, 6) is 1.03. The Morgan fingerprint density at radius 2 is 2.12 bits per heavy atom. The van der Waals surface area contributed by atoms with Gasteiger partial charge in [-0.25, -0.2) is 0 Å². The summed E-state index contributed by atoms with van der Waals surface area (Å²) in [6, 6.07) is 6.83. The van der Waals surface area contributed by atoms with Crippen molar-refractivity contribution in [3.05, 3.63) is 47.7 Å². The Hall–Kier alpha value is -3.16. The average molecular weight is 338 g/mol. The number of benzene rings is 1. The predicted octanol–water partition coefficient (Wildman–Crippen LogP) is 0.838. The van der Waals surface area contributed by atoms with Crippen LogP contribution in [0.5, 0.6) is 0 Å². The fourth-order valence-corrected chi connectivity index (χ4v) is 3.26. The molecule has 1 aliphatic heterocycles. The first kappa shape index (κ1) is 15.4. The van der Waals surface area contributed by atoms with Crippen LogP contribution in [0.2, 0.25) is 0 Å².